The Morgan fingerprint density at radius 2 is 2.27 bits per heavy atom. The average molecular weight is 380 g/mol. The number of carbonyl (C=O) groups excluding carboxylic acids is 2. The number of carbonyl (C=O) groups is 2. The van der Waals surface area contributed by atoms with Gasteiger partial charge in [-0.05, 0) is 43.6 Å². The van der Waals surface area contributed by atoms with Gasteiger partial charge in [0.1, 0.15) is 0 Å². The van der Waals surface area contributed by atoms with Gasteiger partial charge in [0.15, 0.2) is 5.96 Å². The lowest BCUT2D eigenvalue weighted by Crippen LogP contribution is -2.47. The summed E-state index contributed by atoms with van der Waals surface area (Å²) in [6.07, 6.45) is 3.29. The second-order valence-electron chi connectivity index (χ2n) is 6.45. The molecule has 1 atom stereocenters. The lowest BCUT2D eigenvalue weighted by Gasteiger charge is -2.34. The zero-order valence-corrected chi connectivity index (χ0v) is 16.2. The molecule has 1 aliphatic heterocycles. The van der Waals surface area contributed by atoms with Gasteiger partial charge in [-0.1, -0.05) is 6.07 Å². The molecule has 2 rings (SSSR count). The third-order valence-corrected chi connectivity index (χ3v) is 5.14. The van der Waals surface area contributed by atoms with E-state index in [1.807, 2.05) is 24.4 Å². The molecule has 0 aliphatic carbocycles. The van der Waals surface area contributed by atoms with E-state index in [9.17, 15) is 9.59 Å². The Balaban J connectivity index is 1.78. The molecule has 0 spiro atoms. The van der Waals surface area contributed by atoms with Crippen molar-refractivity contribution in [3.8, 4) is 0 Å². The van der Waals surface area contributed by atoms with Gasteiger partial charge in [0.2, 0.25) is 5.91 Å². The van der Waals surface area contributed by atoms with Gasteiger partial charge >= 0.3 is 0 Å². The number of thiophene rings is 1. The molecule has 1 fully saturated rings. The molecular weight excluding hydrogens is 350 g/mol. The van der Waals surface area contributed by atoms with E-state index >= 15 is 0 Å². The first-order valence-electron chi connectivity index (χ1n) is 9.23. The van der Waals surface area contributed by atoms with Gasteiger partial charge in [-0.15, -0.1) is 11.3 Å². The highest BCUT2D eigenvalue weighted by molar-refractivity contribution is 7.12. The number of likely N-dealkylation sites (tertiary alicyclic amines) is 1. The first-order valence-corrected chi connectivity index (χ1v) is 10.1. The number of rotatable bonds is 8. The summed E-state index contributed by atoms with van der Waals surface area (Å²) in [7, 11) is 0. The summed E-state index contributed by atoms with van der Waals surface area (Å²) in [5.74, 6) is 0.919. The molecule has 1 aliphatic rings. The normalized spacial score (nSPS) is 17.8. The maximum atomic E-state index is 11.9. The summed E-state index contributed by atoms with van der Waals surface area (Å²) >= 11 is 1.44. The molecule has 0 aromatic carbocycles. The predicted molar refractivity (Wildman–Crippen MR) is 105 cm³/mol. The van der Waals surface area contributed by atoms with Gasteiger partial charge in [-0.2, -0.15) is 0 Å². The number of amides is 2. The topological polar surface area (TPSA) is 99.8 Å². The quantitative estimate of drug-likeness (QED) is 0.361. The molecule has 2 heterocycles. The maximum absolute atomic E-state index is 11.9. The highest BCUT2D eigenvalue weighted by Gasteiger charge is 2.23. The van der Waals surface area contributed by atoms with Crippen molar-refractivity contribution in [2.45, 2.75) is 32.6 Å². The van der Waals surface area contributed by atoms with Crippen LogP contribution in [0.1, 0.15) is 42.3 Å². The monoisotopic (exact) mass is 379 g/mol. The Bertz CT molecular complexity index is 603. The van der Waals surface area contributed by atoms with E-state index in [1.54, 1.807) is 0 Å². The highest BCUT2D eigenvalue weighted by Crippen LogP contribution is 2.19. The summed E-state index contributed by atoms with van der Waals surface area (Å²) in [4.78, 5) is 30.7. The van der Waals surface area contributed by atoms with E-state index in [2.05, 4.69) is 20.5 Å². The van der Waals surface area contributed by atoms with Crippen LogP contribution in [-0.4, -0.2) is 55.4 Å². The molecule has 8 heteroatoms. The minimum absolute atomic E-state index is 0.0267. The number of nitrogens with one attached hydrogen (secondary N) is 2. The Kier molecular flexibility index (Phi) is 8.40. The first-order chi connectivity index (χ1) is 12.6. The Morgan fingerprint density at radius 1 is 1.42 bits per heavy atom. The van der Waals surface area contributed by atoms with Crippen molar-refractivity contribution < 1.29 is 9.59 Å². The molecule has 0 bridgehead atoms. The van der Waals surface area contributed by atoms with Crippen molar-refractivity contribution in [3.05, 3.63) is 22.4 Å². The van der Waals surface area contributed by atoms with Crippen LogP contribution in [0.4, 0.5) is 0 Å². The zero-order valence-electron chi connectivity index (χ0n) is 15.4. The zero-order chi connectivity index (χ0) is 18.8. The van der Waals surface area contributed by atoms with Gasteiger partial charge in [0, 0.05) is 39.1 Å². The number of hydrogen-bond donors (Lipinski definition) is 3. The Labute approximate surface area is 159 Å². The lowest BCUT2D eigenvalue weighted by atomic mass is 9.95. The SMILES string of the molecule is CCNC(=NCCCNC(=O)c1cccs1)N1CCCC(CC(N)=O)C1. The molecule has 1 saturated heterocycles. The molecule has 1 aromatic rings. The predicted octanol–water partition coefficient (Wildman–Crippen LogP) is 1.42. The molecule has 7 nitrogen and oxygen atoms in total. The Morgan fingerprint density at radius 3 is 2.96 bits per heavy atom. The van der Waals surface area contributed by atoms with Crippen LogP contribution in [0.3, 0.4) is 0 Å². The average Bonchev–Trinajstić information content (AvgIpc) is 3.15. The smallest absolute Gasteiger partial charge is 0.261 e. The van der Waals surface area contributed by atoms with Crippen molar-refractivity contribution in [2.75, 3.05) is 32.7 Å². The molecular formula is C18H29N5O2S. The van der Waals surface area contributed by atoms with Crippen LogP contribution < -0.4 is 16.4 Å². The fourth-order valence-corrected chi connectivity index (χ4v) is 3.74. The van der Waals surface area contributed by atoms with Gasteiger partial charge in [-0.25, -0.2) is 0 Å². The molecule has 0 radical (unpaired) electrons. The Hall–Kier alpha value is -2.09. The third kappa shape index (κ3) is 6.67. The summed E-state index contributed by atoms with van der Waals surface area (Å²) in [6, 6.07) is 3.69. The van der Waals surface area contributed by atoms with Gasteiger partial charge < -0.3 is 21.3 Å². The number of hydrogen-bond acceptors (Lipinski definition) is 4. The van der Waals surface area contributed by atoms with E-state index in [1.165, 1.54) is 11.3 Å². The standard InChI is InChI=1S/C18H29N5O2S/c1-2-20-18(23-10-3-6-14(13-23)12-16(19)24)22-9-5-8-21-17(25)15-7-4-11-26-15/h4,7,11,14H,2-3,5-6,8-10,12-13H2,1H3,(H2,19,24)(H,20,22)(H,21,25). The fourth-order valence-electron chi connectivity index (χ4n) is 3.10. The van der Waals surface area contributed by atoms with E-state index in [4.69, 9.17) is 5.73 Å². The van der Waals surface area contributed by atoms with Gasteiger partial charge in [0.05, 0.1) is 4.88 Å². The molecule has 0 saturated carbocycles. The lowest BCUT2D eigenvalue weighted by molar-refractivity contribution is -0.119. The molecule has 1 aromatic heterocycles. The van der Waals surface area contributed by atoms with E-state index in [-0.39, 0.29) is 11.8 Å². The van der Waals surface area contributed by atoms with Crippen molar-refractivity contribution in [3.63, 3.8) is 0 Å². The number of nitrogens with two attached hydrogens (primary N) is 1. The van der Waals surface area contributed by atoms with Crippen LogP contribution in [-0.2, 0) is 4.79 Å². The molecule has 4 N–H and O–H groups in total. The van der Waals surface area contributed by atoms with Gasteiger partial charge in [-0.3, -0.25) is 14.6 Å². The largest absolute Gasteiger partial charge is 0.370 e. The number of guanidine groups is 1. The van der Waals surface area contributed by atoms with E-state index < -0.39 is 0 Å². The summed E-state index contributed by atoms with van der Waals surface area (Å²) < 4.78 is 0. The molecule has 2 amide bonds. The number of nitrogens with zero attached hydrogens (tertiary/aromatic N) is 2. The minimum Gasteiger partial charge on any atom is -0.370 e. The molecule has 26 heavy (non-hydrogen) atoms. The van der Waals surface area contributed by atoms with Crippen LogP contribution in [0.2, 0.25) is 0 Å². The number of aliphatic imine (C=N–C) groups is 1. The van der Waals surface area contributed by atoms with E-state index in [0.29, 0.717) is 25.4 Å². The summed E-state index contributed by atoms with van der Waals surface area (Å²) in [5.41, 5.74) is 5.34. The van der Waals surface area contributed by atoms with Crippen LogP contribution in [0.25, 0.3) is 0 Å². The van der Waals surface area contributed by atoms with Crippen molar-refractivity contribution in [1.82, 2.24) is 15.5 Å². The van der Waals surface area contributed by atoms with Crippen LogP contribution in [0, 0.1) is 5.92 Å². The van der Waals surface area contributed by atoms with Crippen LogP contribution >= 0.6 is 11.3 Å². The summed E-state index contributed by atoms with van der Waals surface area (Å²) in [5, 5.41) is 8.13. The van der Waals surface area contributed by atoms with Gasteiger partial charge in [0.25, 0.3) is 5.91 Å². The second-order valence-corrected chi connectivity index (χ2v) is 7.39. The first kappa shape index (κ1) is 20.2. The maximum Gasteiger partial charge on any atom is 0.261 e. The highest BCUT2D eigenvalue weighted by atomic mass is 32.1. The van der Waals surface area contributed by atoms with Crippen LogP contribution in [0.5, 0.6) is 0 Å². The van der Waals surface area contributed by atoms with Crippen molar-refractivity contribution >= 4 is 29.1 Å². The van der Waals surface area contributed by atoms with Crippen LogP contribution in [0.15, 0.2) is 22.5 Å². The molecule has 144 valence electrons. The van der Waals surface area contributed by atoms with Crippen molar-refractivity contribution in [2.24, 2.45) is 16.6 Å². The number of primary amides is 1. The fraction of sp³-hybridized carbons (Fsp3) is 0.611. The third-order valence-electron chi connectivity index (χ3n) is 4.27. The number of piperidine rings is 1. The summed E-state index contributed by atoms with van der Waals surface area (Å²) in [6.45, 7) is 5.83. The molecule has 1 unspecified atom stereocenters. The minimum atomic E-state index is -0.236. The second kappa shape index (κ2) is 10.8. The van der Waals surface area contributed by atoms with E-state index in [0.717, 1.165) is 49.7 Å². The van der Waals surface area contributed by atoms with Crippen molar-refractivity contribution in [1.29, 1.82) is 0 Å².